The van der Waals surface area contributed by atoms with E-state index in [0.717, 1.165) is 17.9 Å². The third-order valence-corrected chi connectivity index (χ3v) is 2.58. The number of aromatic nitrogens is 2. The van der Waals surface area contributed by atoms with Gasteiger partial charge >= 0.3 is 5.82 Å². The normalized spacial score (nSPS) is 10.4. The van der Waals surface area contributed by atoms with Crippen molar-refractivity contribution < 1.29 is 4.92 Å². The van der Waals surface area contributed by atoms with Crippen LogP contribution in [0.25, 0.3) is 0 Å². The van der Waals surface area contributed by atoms with Crippen LogP contribution in [0.5, 0.6) is 0 Å². The molecule has 77 valence electrons. The summed E-state index contributed by atoms with van der Waals surface area (Å²) in [4.78, 5) is 13.8. The standard InChI is InChI=1S/C8H12N3O2S/c1-2-14-5-3-4-10-7-9-6-8(10)11(12)13/h6-7H,1-5H2. The fourth-order valence-corrected chi connectivity index (χ4v) is 1.61. The molecular formula is C8H12N3O2S. The number of thioether (sulfide) groups is 1. The smallest absolute Gasteiger partial charge is 0.342 e. The zero-order valence-corrected chi connectivity index (χ0v) is 8.57. The van der Waals surface area contributed by atoms with Gasteiger partial charge in [0.05, 0.1) is 6.54 Å². The van der Waals surface area contributed by atoms with E-state index in [9.17, 15) is 10.1 Å². The highest BCUT2D eigenvalue weighted by Crippen LogP contribution is 2.11. The molecule has 0 aliphatic rings. The lowest BCUT2D eigenvalue weighted by molar-refractivity contribution is -0.392. The number of aryl methyl sites for hydroxylation is 1. The van der Waals surface area contributed by atoms with Crippen molar-refractivity contribution in [2.75, 3.05) is 11.5 Å². The number of nitro groups is 1. The van der Waals surface area contributed by atoms with Crippen molar-refractivity contribution in [1.82, 2.24) is 9.55 Å². The van der Waals surface area contributed by atoms with Crippen molar-refractivity contribution in [1.29, 1.82) is 0 Å². The van der Waals surface area contributed by atoms with Gasteiger partial charge < -0.3 is 10.1 Å². The maximum Gasteiger partial charge on any atom is 0.342 e. The molecule has 0 fully saturated rings. The molecule has 1 heterocycles. The zero-order chi connectivity index (χ0) is 10.4. The summed E-state index contributed by atoms with van der Waals surface area (Å²) in [6.45, 7) is 4.34. The van der Waals surface area contributed by atoms with Crippen LogP contribution in [0.3, 0.4) is 0 Å². The number of rotatable bonds is 6. The van der Waals surface area contributed by atoms with Gasteiger partial charge in [-0.25, -0.2) is 9.55 Å². The lowest BCUT2D eigenvalue weighted by Gasteiger charge is -1.99. The maximum atomic E-state index is 10.5. The third-order valence-electron chi connectivity index (χ3n) is 1.71. The van der Waals surface area contributed by atoms with Crippen LogP contribution in [0.2, 0.25) is 0 Å². The van der Waals surface area contributed by atoms with Crippen molar-refractivity contribution >= 4 is 17.6 Å². The Kier molecular flexibility index (Phi) is 4.45. The highest BCUT2D eigenvalue weighted by Gasteiger charge is 2.11. The van der Waals surface area contributed by atoms with E-state index in [1.165, 1.54) is 12.5 Å². The van der Waals surface area contributed by atoms with Crippen molar-refractivity contribution in [2.24, 2.45) is 0 Å². The molecular weight excluding hydrogens is 202 g/mol. The Hall–Kier alpha value is -1.04. The molecule has 1 aromatic heterocycles. The Morgan fingerprint density at radius 3 is 3.14 bits per heavy atom. The first-order valence-electron chi connectivity index (χ1n) is 4.27. The second kappa shape index (κ2) is 5.64. The number of imidazole rings is 1. The topological polar surface area (TPSA) is 61.0 Å². The van der Waals surface area contributed by atoms with E-state index < -0.39 is 4.92 Å². The molecule has 0 amide bonds. The molecule has 14 heavy (non-hydrogen) atoms. The van der Waals surface area contributed by atoms with Crippen LogP contribution >= 0.6 is 11.8 Å². The molecule has 1 rings (SSSR count). The van der Waals surface area contributed by atoms with Gasteiger partial charge in [-0.1, -0.05) is 0 Å². The summed E-state index contributed by atoms with van der Waals surface area (Å²) in [5.41, 5.74) is 0. The van der Waals surface area contributed by atoms with Gasteiger partial charge in [0.25, 0.3) is 0 Å². The molecule has 1 aromatic rings. The Balaban J connectivity index is 2.42. The first-order chi connectivity index (χ1) is 6.75. The van der Waals surface area contributed by atoms with Gasteiger partial charge in [-0.05, 0) is 29.8 Å². The Morgan fingerprint density at radius 1 is 1.71 bits per heavy atom. The molecule has 0 bridgehead atoms. The van der Waals surface area contributed by atoms with Crippen LogP contribution in [-0.4, -0.2) is 26.0 Å². The van der Waals surface area contributed by atoms with Crippen molar-refractivity contribution in [2.45, 2.75) is 13.0 Å². The highest BCUT2D eigenvalue weighted by molar-refractivity contribution is 7.99. The van der Waals surface area contributed by atoms with Crippen LogP contribution in [0.4, 0.5) is 5.82 Å². The van der Waals surface area contributed by atoms with Gasteiger partial charge in [-0.3, -0.25) is 0 Å². The predicted octanol–water partition coefficient (Wildman–Crippen LogP) is 1.75. The summed E-state index contributed by atoms with van der Waals surface area (Å²) in [7, 11) is 0. The first kappa shape index (κ1) is 11.0. The van der Waals surface area contributed by atoms with Crippen LogP contribution in [0.15, 0.2) is 12.5 Å². The lowest BCUT2D eigenvalue weighted by atomic mass is 10.5. The number of hydrogen-bond donors (Lipinski definition) is 0. The predicted molar refractivity (Wildman–Crippen MR) is 56.2 cm³/mol. The summed E-state index contributed by atoms with van der Waals surface area (Å²) in [6, 6.07) is 0. The van der Waals surface area contributed by atoms with Gasteiger partial charge in [0, 0.05) is 0 Å². The fourth-order valence-electron chi connectivity index (χ4n) is 1.08. The van der Waals surface area contributed by atoms with E-state index in [1.807, 2.05) is 0 Å². The zero-order valence-electron chi connectivity index (χ0n) is 7.76. The largest absolute Gasteiger partial charge is 0.358 e. The molecule has 0 saturated carbocycles. The Bertz CT molecular complexity index is 301. The van der Waals surface area contributed by atoms with Crippen molar-refractivity contribution in [3.63, 3.8) is 0 Å². The van der Waals surface area contributed by atoms with E-state index in [1.54, 1.807) is 16.3 Å². The minimum Gasteiger partial charge on any atom is -0.358 e. The number of hydrogen-bond acceptors (Lipinski definition) is 4. The van der Waals surface area contributed by atoms with E-state index in [2.05, 4.69) is 11.9 Å². The summed E-state index contributed by atoms with van der Waals surface area (Å²) in [6.07, 6.45) is 3.67. The van der Waals surface area contributed by atoms with E-state index in [0.29, 0.717) is 6.54 Å². The minimum absolute atomic E-state index is 0.0598. The van der Waals surface area contributed by atoms with E-state index in [4.69, 9.17) is 0 Å². The van der Waals surface area contributed by atoms with Gasteiger partial charge in [0.1, 0.15) is 6.20 Å². The second-order valence-electron chi connectivity index (χ2n) is 2.67. The highest BCUT2D eigenvalue weighted by atomic mass is 32.2. The SMILES string of the molecule is [CH2]CSCCCn1cncc1[N+](=O)[O-]. The molecule has 0 atom stereocenters. The van der Waals surface area contributed by atoms with Crippen LogP contribution in [0, 0.1) is 17.0 Å². The van der Waals surface area contributed by atoms with Gasteiger partial charge in [-0.2, -0.15) is 11.8 Å². The molecule has 5 nitrogen and oxygen atoms in total. The van der Waals surface area contributed by atoms with Gasteiger partial charge in [-0.15, -0.1) is 0 Å². The molecule has 0 aliphatic heterocycles. The molecule has 0 aromatic carbocycles. The quantitative estimate of drug-likeness (QED) is 0.411. The third kappa shape index (κ3) is 3.02. The second-order valence-corrected chi connectivity index (χ2v) is 3.89. The summed E-state index contributed by atoms with van der Waals surface area (Å²) >= 11 is 1.73. The Labute approximate surface area is 86.7 Å². The van der Waals surface area contributed by atoms with Crippen LogP contribution in [0.1, 0.15) is 6.42 Å². The lowest BCUT2D eigenvalue weighted by Crippen LogP contribution is -2.02. The molecule has 0 unspecified atom stereocenters. The molecule has 1 radical (unpaired) electrons. The Morgan fingerprint density at radius 2 is 2.50 bits per heavy atom. The maximum absolute atomic E-state index is 10.5. The summed E-state index contributed by atoms with van der Waals surface area (Å²) in [5.74, 6) is 1.87. The van der Waals surface area contributed by atoms with Gasteiger partial charge in [0.15, 0.2) is 6.33 Å². The van der Waals surface area contributed by atoms with E-state index in [-0.39, 0.29) is 5.82 Å². The van der Waals surface area contributed by atoms with Gasteiger partial charge in [0.2, 0.25) is 0 Å². The summed E-state index contributed by atoms with van der Waals surface area (Å²) in [5, 5.41) is 10.5. The molecule has 0 N–H and O–H groups in total. The average Bonchev–Trinajstić information content (AvgIpc) is 2.60. The monoisotopic (exact) mass is 214 g/mol. The minimum atomic E-state index is -0.415. The molecule has 0 saturated heterocycles. The van der Waals surface area contributed by atoms with Crippen molar-refractivity contribution in [3.8, 4) is 0 Å². The first-order valence-corrected chi connectivity index (χ1v) is 5.42. The fraction of sp³-hybridized carbons (Fsp3) is 0.500. The average molecular weight is 214 g/mol. The molecule has 0 spiro atoms. The van der Waals surface area contributed by atoms with Crippen LogP contribution in [-0.2, 0) is 6.54 Å². The molecule has 0 aliphatic carbocycles. The summed E-state index contributed by atoms with van der Waals surface area (Å²) < 4.78 is 1.56. The van der Waals surface area contributed by atoms with Crippen LogP contribution < -0.4 is 0 Å². The molecule has 6 heteroatoms. The van der Waals surface area contributed by atoms with Crippen molar-refractivity contribution in [3.05, 3.63) is 29.6 Å². The van der Waals surface area contributed by atoms with E-state index >= 15 is 0 Å². The number of nitrogens with zero attached hydrogens (tertiary/aromatic N) is 3.